The highest BCUT2D eigenvalue weighted by Crippen LogP contribution is 2.36. The first-order valence-electron chi connectivity index (χ1n) is 10.3. The van der Waals surface area contributed by atoms with Gasteiger partial charge in [0.1, 0.15) is 0 Å². The van der Waals surface area contributed by atoms with Gasteiger partial charge < -0.3 is 4.74 Å². The molecule has 1 fully saturated rings. The predicted molar refractivity (Wildman–Crippen MR) is 116 cm³/mol. The van der Waals surface area contributed by atoms with Crippen molar-refractivity contribution in [2.75, 3.05) is 6.61 Å². The monoisotopic (exact) mass is 360 g/mol. The van der Waals surface area contributed by atoms with Gasteiger partial charge in [0, 0.05) is 0 Å². The van der Waals surface area contributed by atoms with Crippen LogP contribution in [0.3, 0.4) is 0 Å². The van der Waals surface area contributed by atoms with E-state index in [9.17, 15) is 0 Å². The van der Waals surface area contributed by atoms with Gasteiger partial charge in [-0.1, -0.05) is 66.8 Å². The normalized spacial score (nSPS) is 20.0. The van der Waals surface area contributed by atoms with E-state index in [0.29, 0.717) is 6.61 Å². The molecule has 1 aliphatic rings. The van der Waals surface area contributed by atoms with Crippen LogP contribution in [0.5, 0.6) is 0 Å². The van der Waals surface area contributed by atoms with Crippen LogP contribution < -0.4 is 0 Å². The average molecular weight is 361 g/mol. The van der Waals surface area contributed by atoms with Gasteiger partial charge in [0.05, 0.1) is 13.2 Å². The van der Waals surface area contributed by atoms with Crippen molar-refractivity contribution in [1.29, 1.82) is 0 Å². The van der Waals surface area contributed by atoms with Crippen molar-refractivity contribution in [2.45, 2.75) is 51.6 Å². The van der Waals surface area contributed by atoms with Gasteiger partial charge in [-0.15, -0.1) is 6.58 Å². The fourth-order valence-electron chi connectivity index (χ4n) is 3.94. The molecule has 0 heterocycles. The van der Waals surface area contributed by atoms with E-state index in [4.69, 9.17) is 4.74 Å². The number of benzene rings is 2. The SMILES string of the molecule is C=CC1CCC(c2ccc(-c3ccc(COCC/C=C/C)cc3)cc2)CC1. The Labute approximate surface area is 164 Å². The van der Waals surface area contributed by atoms with Gasteiger partial charge >= 0.3 is 0 Å². The van der Waals surface area contributed by atoms with Crippen LogP contribution in [0.4, 0.5) is 0 Å². The maximum absolute atomic E-state index is 5.71. The Bertz CT molecular complexity index is 716. The molecule has 0 aromatic heterocycles. The Morgan fingerprint density at radius 3 is 2.15 bits per heavy atom. The third kappa shape index (κ3) is 5.68. The molecule has 1 aliphatic carbocycles. The van der Waals surface area contributed by atoms with Crippen molar-refractivity contribution in [3.05, 3.63) is 84.5 Å². The molecule has 0 saturated heterocycles. The summed E-state index contributed by atoms with van der Waals surface area (Å²) in [6.45, 7) is 7.46. The Kier molecular flexibility index (Phi) is 7.47. The largest absolute Gasteiger partial charge is 0.376 e. The summed E-state index contributed by atoms with van der Waals surface area (Å²) in [5.41, 5.74) is 5.29. The van der Waals surface area contributed by atoms with E-state index in [1.165, 1.54) is 47.9 Å². The molecular weight excluding hydrogens is 328 g/mol. The first kappa shape index (κ1) is 19.6. The molecule has 0 N–H and O–H groups in total. The van der Waals surface area contributed by atoms with E-state index in [2.05, 4.69) is 73.3 Å². The third-order valence-electron chi connectivity index (χ3n) is 5.71. The van der Waals surface area contributed by atoms with E-state index in [1.807, 2.05) is 6.92 Å². The molecule has 1 heteroatoms. The Balaban J connectivity index is 1.54. The number of rotatable bonds is 8. The summed E-state index contributed by atoms with van der Waals surface area (Å²) >= 11 is 0. The van der Waals surface area contributed by atoms with E-state index < -0.39 is 0 Å². The standard InChI is InChI=1S/C26H32O/c1-3-5-6-19-27-20-22-9-13-24(14-10-22)26-17-15-25(16-18-26)23-11-7-21(4-2)8-12-23/h3-5,9-10,13-18,21,23H,2,6-8,11-12,19-20H2,1H3/b5-3+. The summed E-state index contributed by atoms with van der Waals surface area (Å²) in [5, 5.41) is 0. The fraction of sp³-hybridized carbons (Fsp3) is 0.385. The second-order valence-corrected chi connectivity index (χ2v) is 7.58. The number of hydrogen-bond donors (Lipinski definition) is 0. The van der Waals surface area contributed by atoms with Crippen LogP contribution >= 0.6 is 0 Å². The molecule has 142 valence electrons. The van der Waals surface area contributed by atoms with Crippen molar-refractivity contribution in [2.24, 2.45) is 5.92 Å². The van der Waals surface area contributed by atoms with Crippen LogP contribution in [-0.4, -0.2) is 6.61 Å². The molecule has 0 spiro atoms. The molecule has 0 amide bonds. The molecular formula is C26H32O. The topological polar surface area (TPSA) is 9.23 Å². The first-order chi connectivity index (χ1) is 13.3. The van der Waals surface area contributed by atoms with Gasteiger partial charge in [-0.05, 0) is 73.1 Å². The van der Waals surface area contributed by atoms with Crippen LogP contribution in [0, 0.1) is 5.92 Å². The Morgan fingerprint density at radius 1 is 0.926 bits per heavy atom. The maximum atomic E-state index is 5.71. The van der Waals surface area contributed by atoms with Crippen LogP contribution in [0.25, 0.3) is 11.1 Å². The van der Waals surface area contributed by atoms with Crippen LogP contribution in [-0.2, 0) is 11.3 Å². The Morgan fingerprint density at radius 2 is 1.56 bits per heavy atom. The second-order valence-electron chi connectivity index (χ2n) is 7.58. The van der Waals surface area contributed by atoms with Crippen LogP contribution in [0.15, 0.2) is 73.3 Å². The fourth-order valence-corrected chi connectivity index (χ4v) is 3.94. The van der Waals surface area contributed by atoms with Gasteiger partial charge in [0.2, 0.25) is 0 Å². The summed E-state index contributed by atoms with van der Waals surface area (Å²) in [7, 11) is 0. The molecule has 2 aromatic rings. The smallest absolute Gasteiger partial charge is 0.0717 e. The molecule has 2 aromatic carbocycles. The van der Waals surface area contributed by atoms with Crippen molar-refractivity contribution in [3.63, 3.8) is 0 Å². The van der Waals surface area contributed by atoms with Gasteiger partial charge in [-0.3, -0.25) is 0 Å². The molecule has 0 atom stereocenters. The number of ether oxygens (including phenoxy) is 1. The third-order valence-corrected chi connectivity index (χ3v) is 5.71. The predicted octanol–water partition coefficient (Wildman–Crippen LogP) is 7.30. The molecule has 27 heavy (non-hydrogen) atoms. The number of allylic oxidation sites excluding steroid dienone is 2. The molecule has 0 bridgehead atoms. The van der Waals surface area contributed by atoms with Crippen LogP contribution in [0.1, 0.15) is 56.1 Å². The minimum Gasteiger partial charge on any atom is -0.376 e. The Hall–Kier alpha value is -2.12. The quantitative estimate of drug-likeness (QED) is 0.354. The van der Waals surface area contributed by atoms with Gasteiger partial charge in [0.25, 0.3) is 0 Å². The lowest BCUT2D eigenvalue weighted by Crippen LogP contribution is -2.11. The van der Waals surface area contributed by atoms with Crippen LogP contribution in [0.2, 0.25) is 0 Å². The van der Waals surface area contributed by atoms with E-state index in [0.717, 1.165) is 24.9 Å². The van der Waals surface area contributed by atoms with Crippen molar-refractivity contribution >= 4 is 0 Å². The molecule has 3 rings (SSSR count). The minimum atomic E-state index is 0.685. The first-order valence-corrected chi connectivity index (χ1v) is 10.3. The van der Waals surface area contributed by atoms with Gasteiger partial charge in [-0.25, -0.2) is 0 Å². The zero-order valence-corrected chi connectivity index (χ0v) is 16.6. The van der Waals surface area contributed by atoms with E-state index in [1.54, 1.807) is 0 Å². The summed E-state index contributed by atoms with van der Waals surface area (Å²) in [6.07, 6.45) is 12.5. The second kappa shape index (κ2) is 10.3. The molecule has 0 aliphatic heterocycles. The van der Waals surface area contributed by atoms with Crippen molar-refractivity contribution in [3.8, 4) is 11.1 Å². The molecule has 1 nitrogen and oxygen atoms in total. The zero-order valence-electron chi connectivity index (χ0n) is 16.6. The lowest BCUT2D eigenvalue weighted by atomic mass is 9.78. The average Bonchev–Trinajstić information content (AvgIpc) is 2.74. The highest BCUT2D eigenvalue weighted by Gasteiger charge is 2.20. The lowest BCUT2D eigenvalue weighted by molar-refractivity contribution is 0.125. The molecule has 0 unspecified atom stereocenters. The number of hydrogen-bond acceptors (Lipinski definition) is 1. The van der Waals surface area contributed by atoms with E-state index in [-0.39, 0.29) is 0 Å². The minimum absolute atomic E-state index is 0.685. The summed E-state index contributed by atoms with van der Waals surface area (Å²) in [4.78, 5) is 0. The maximum Gasteiger partial charge on any atom is 0.0717 e. The lowest BCUT2D eigenvalue weighted by Gasteiger charge is -2.27. The molecule has 0 radical (unpaired) electrons. The highest BCUT2D eigenvalue weighted by atomic mass is 16.5. The summed E-state index contributed by atoms with van der Waals surface area (Å²) in [5.74, 6) is 1.45. The summed E-state index contributed by atoms with van der Waals surface area (Å²) < 4.78 is 5.71. The molecule has 1 saturated carbocycles. The van der Waals surface area contributed by atoms with E-state index >= 15 is 0 Å². The highest BCUT2D eigenvalue weighted by molar-refractivity contribution is 5.64. The van der Waals surface area contributed by atoms with Gasteiger partial charge in [-0.2, -0.15) is 0 Å². The summed E-state index contributed by atoms with van der Waals surface area (Å²) in [6, 6.07) is 18.0. The zero-order chi connectivity index (χ0) is 18.9. The van der Waals surface area contributed by atoms with Gasteiger partial charge in [0.15, 0.2) is 0 Å². The van der Waals surface area contributed by atoms with Crippen molar-refractivity contribution in [1.82, 2.24) is 0 Å². The van der Waals surface area contributed by atoms with Crippen molar-refractivity contribution < 1.29 is 4.74 Å².